The highest BCUT2D eigenvalue weighted by Crippen LogP contribution is 2.13. The van der Waals surface area contributed by atoms with E-state index in [4.69, 9.17) is 4.74 Å². The first-order valence-electron chi connectivity index (χ1n) is 6.54. The molecular weight excluding hydrogens is 226 g/mol. The highest BCUT2D eigenvalue weighted by molar-refractivity contribution is 5.96. The third-order valence-corrected chi connectivity index (χ3v) is 3.56. The number of aryl methyl sites for hydroxylation is 1. The van der Waals surface area contributed by atoms with Crippen LogP contribution in [0.2, 0.25) is 0 Å². The maximum Gasteiger partial charge on any atom is 0.164 e. The van der Waals surface area contributed by atoms with Crippen LogP contribution in [0.4, 0.5) is 0 Å². The van der Waals surface area contributed by atoms with E-state index in [0.29, 0.717) is 12.5 Å². The van der Waals surface area contributed by atoms with Gasteiger partial charge in [-0.15, -0.1) is 0 Å². The minimum atomic E-state index is 0.236. The second-order valence-electron chi connectivity index (χ2n) is 4.99. The normalized spacial score (nSPS) is 20.2. The molecule has 1 aliphatic rings. The van der Waals surface area contributed by atoms with E-state index in [9.17, 15) is 4.79 Å². The topological polar surface area (TPSA) is 29.5 Å². The molecule has 1 aromatic rings. The second-order valence-corrected chi connectivity index (χ2v) is 4.99. The van der Waals surface area contributed by atoms with Crippen molar-refractivity contribution in [2.24, 2.45) is 0 Å². The summed E-state index contributed by atoms with van der Waals surface area (Å²) in [5.41, 5.74) is 1.97. The zero-order chi connectivity index (χ0) is 13.0. The molecule has 0 saturated carbocycles. The molecule has 0 aliphatic carbocycles. The smallest absolute Gasteiger partial charge is 0.164 e. The van der Waals surface area contributed by atoms with Crippen LogP contribution in [0.5, 0.6) is 0 Å². The molecule has 0 amide bonds. The SMILES string of the molecule is COC1CCN(CCC(=O)c2cccc(C)c2)C1. The standard InChI is InChI=1S/C15H21NO2/c1-12-4-3-5-13(10-12)15(17)7-9-16-8-6-14(11-16)18-2/h3-5,10,14H,6-9,11H2,1-2H3. The molecule has 18 heavy (non-hydrogen) atoms. The van der Waals surface area contributed by atoms with Crippen LogP contribution in [-0.2, 0) is 4.74 Å². The van der Waals surface area contributed by atoms with Crippen molar-refractivity contribution < 1.29 is 9.53 Å². The summed E-state index contributed by atoms with van der Waals surface area (Å²) in [5, 5.41) is 0. The third kappa shape index (κ3) is 3.40. The summed E-state index contributed by atoms with van der Waals surface area (Å²) in [7, 11) is 1.76. The summed E-state index contributed by atoms with van der Waals surface area (Å²) in [5.74, 6) is 0.236. The van der Waals surface area contributed by atoms with Crippen molar-refractivity contribution in [2.45, 2.75) is 25.9 Å². The maximum absolute atomic E-state index is 12.0. The van der Waals surface area contributed by atoms with Gasteiger partial charge in [0.15, 0.2) is 5.78 Å². The van der Waals surface area contributed by atoms with Crippen molar-refractivity contribution in [3.05, 3.63) is 35.4 Å². The number of hydrogen-bond donors (Lipinski definition) is 0. The lowest BCUT2D eigenvalue weighted by molar-refractivity contribution is 0.0944. The summed E-state index contributed by atoms with van der Waals surface area (Å²) < 4.78 is 5.32. The van der Waals surface area contributed by atoms with Gasteiger partial charge in [-0.2, -0.15) is 0 Å². The average molecular weight is 247 g/mol. The number of ketones is 1. The number of carbonyl (C=O) groups is 1. The molecule has 1 atom stereocenters. The van der Waals surface area contributed by atoms with Crippen molar-refractivity contribution >= 4 is 5.78 Å². The summed E-state index contributed by atoms with van der Waals surface area (Å²) in [6.45, 7) is 4.85. The number of likely N-dealkylation sites (tertiary alicyclic amines) is 1. The van der Waals surface area contributed by atoms with Gasteiger partial charge in [0, 0.05) is 38.7 Å². The molecule has 2 rings (SSSR count). The predicted molar refractivity (Wildman–Crippen MR) is 72.0 cm³/mol. The number of benzene rings is 1. The fraction of sp³-hybridized carbons (Fsp3) is 0.533. The molecule has 1 unspecified atom stereocenters. The molecule has 0 aromatic heterocycles. The van der Waals surface area contributed by atoms with Crippen molar-refractivity contribution in [3.8, 4) is 0 Å². The quantitative estimate of drug-likeness (QED) is 0.748. The molecule has 0 radical (unpaired) electrons. The lowest BCUT2D eigenvalue weighted by atomic mass is 10.1. The second kappa shape index (κ2) is 6.12. The van der Waals surface area contributed by atoms with E-state index in [0.717, 1.165) is 37.2 Å². The van der Waals surface area contributed by atoms with Gasteiger partial charge < -0.3 is 9.64 Å². The molecule has 1 aliphatic heterocycles. The molecule has 1 heterocycles. The van der Waals surface area contributed by atoms with Gasteiger partial charge in [0.2, 0.25) is 0 Å². The zero-order valence-electron chi connectivity index (χ0n) is 11.2. The highest BCUT2D eigenvalue weighted by Gasteiger charge is 2.22. The van der Waals surface area contributed by atoms with Gasteiger partial charge in [-0.3, -0.25) is 4.79 Å². The molecule has 1 fully saturated rings. The first-order valence-corrected chi connectivity index (χ1v) is 6.54. The fourth-order valence-corrected chi connectivity index (χ4v) is 2.42. The van der Waals surface area contributed by atoms with Gasteiger partial charge in [-0.25, -0.2) is 0 Å². The minimum Gasteiger partial charge on any atom is -0.380 e. The Balaban J connectivity index is 1.82. The molecule has 98 valence electrons. The molecule has 3 heteroatoms. The van der Waals surface area contributed by atoms with Crippen molar-refractivity contribution in [1.82, 2.24) is 4.90 Å². The Morgan fingerprint density at radius 2 is 2.33 bits per heavy atom. The maximum atomic E-state index is 12.0. The number of hydrogen-bond acceptors (Lipinski definition) is 3. The van der Waals surface area contributed by atoms with E-state index < -0.39 is 0 Å². The summed E-state index contributed by atoms with van der Waals surface area (Å²) in [6, 6.07) is 7.82. The lowest BCUT2D eigenvalue weighted by Gasteiger charge is -2.14. The number of Topliss-reactive ketones (excluding diaryl/α,β-unsaturated/α-hetero) is 1. The Labute approximate surface area is 109 Å². The molecule has 3 nitrogen and oxygen atoms in total. The van der Waals surface area contributed by atoms with Crippen LogP contribution in [0, 0.1) is 6.92 Å². The first kappa shape index (κ1) is 13.2. The first-order chi connectivity index (χ1) is 8.69. The number of rotatable bonds is 5. The van der Waals surface area contributed by atoms with E-state index in [1.54, 1.807) is 7.11 Å². The predicted octanol–water partition coefficient (Wildman–Crippen LogP) is 2.29. The average Bonchev–Trinajstić information content (AvgIpc) is 2.84. The minimum absolute atomic E-state index is 0.236. The Morgan fingerprint density at radius 1 is 1.50 bits per heavy atom. The van der Waals surface area contributed by atoms with E-state index >= 15 is 0 Å². The van der Waals surface area contributed by atoms with Crippen molar-refractivity contribution in [2.75, 3.05) is 26.7 Å². The van der Waals surface area contributed by atoms with Crippen molar-refractivity contribution in [3.63, 3.8) is 0 Å². The Morgan fingerprint density at radius 3 is 3.00 bits per heavy atom. The van der Waals surface area contributed by atoms with Gasteiger partial charge in [0.05, 0.1) is 6.10 Å². The van der Waals surface area contributed by atoms with Crippen LogP contribution < -0.4 is 0 Å². The number of carbonyl (C=O) groups excluding carboxylic acids is 1. The van der Waals surface area contributed by atoms with Crippen LogP contribution in [0.3, 0.4) is 0 Å². The van der Waals surface area contributed by atoms with E-state index in [1.807, 2.05) is 31.2 Å². The van der Waals surface area contributed by atoms with Crippen molar-refractivity contribution in [1.29, 1.82) is 0 Å². The van der Waals surface area contributed by atoms with Gasteiger partial charge >= 0.3 is 0 Å². The monoisotopic (exact) mass is 247 g/mol. The molecule has 1 saturated heterocycles. The molecule has 0 spiro atoms. The van der Waals surface area contributed by atoms with E-state index in [-0.39, 0.29) is 5.78 Å². The summed E-state index contributed by atoms with van der Waals surface area (Å²) >= 11 is 0. The number of nitrogens with zero attached hydrogens (tertiary/aromatic N) is 1. The zero-order valence-corrected chi connectivity index (χ0v) is 11.2. The molecule has 1 aromatic carbocycles. The summed E-state index contributed by atoms with van der Waals surface area (Å²) in [4.78, 5) is 14.4. The van der Waals surface area contributed by atoms with E-state index in [2.05, 4.69) is 4.90 Å². The largest absolute Gasteiger partial charge is 0.380 e. The Kier molecular flexibility index (Phi) is 4.50. The fourth-order valence-electron chi connectivity index (χ4n) is 2.42. The van der Waals surface area contributed by atoms with Crippen LogP contribution in [-0.4, -0.2) is 43.5 Å². The Bertz CT molecular complexity index is 417. The lowest BCUT2D eigenvalue weighted by Crippen LogP contribution is -2.25. The van der Waals surface area contributed by atoms with Gasteiger partial charge in [-0.05, 0) is 19.4 Å². The number of ether oxygens (including phenoxy) is 1. The van der Waals surface area contributed by atoms with Crippen LogP contribution >= 0.6 is 0 Å². The van der Waals surface area contributed by atoms with Crippen LogP contribution in [0.25, 0.3) is 0 Å². The van der Waals surface area contributed by atoms with Gasteiger partial charge in [0.25, 0.3) is 0 Å². The number of methoxy groups -OCH3 is 1. The third-order valence-electron chi connectivity index (χ3n) is 3.56. The summed E-state index contributed by atoms with van der Waals surface area (Å²) in [6.07, 6.45) is 2.02. The van der Waals surface area contributed by atoms with Crippen LogP contribution in [0.1, 0.15) is 28.8 Å². The molecule has 0 bridgehead atoms. The highest BCUT2D eigenvalue weighted by atomic mass is 16.5. The molecular formula is C15H21NO2. The van der Waals surface area contributed by atoms with Gasteiger partial charge in [0.1, 0.15) is 0 Å². The molecule has 0 N–H and O–H groups in total. The Hall–Kier alpha value is -1.19. The van der Waals surface area contributed by atoms with Gasteiger partial charge in [-0.1, -0.05) is 23.8 Å². The van der Waals surface area contributed by atoms with E-state index in [1.165, 1.54) is 0 Å². The van der Waals surface area contributed by atoms with Crippen LogP contribution in [0.15, 0.2) is 24.3 Å².